The van der Waals surface area contributed by atoms with E-state index in [0.717, 1.165) is 101 Å². The van der Waals surface area contributed by atoms with E-state index in [1.807, 2.05) is 109 Å². The molecule has 93 heavy (non-hydrogen) atoms. The highest BCUT2D eigenvalue weighted by atomic mass is 16.5. The number of hydrogen-bond acceptors (Lipinski definition) is 9. The normalized spacial score (nSPS) is 11.1. The zero-order valence-electron chi connectivity index (χ0n) is 53.2. The van der Waals surface area contributed by atoms with Gasteiger partial charge in [-0.1, -0.05) is 149 Å². The summed E-state index contributed by atoms with van der Waals surface area (Å²) >= 11 is 0. The lowest BCUT2D eigenvalue weighted by molar-refractivity contribution is 0.0725. The molecule has 0 amide bonds. The second-order valence-electron chi connectivity index (χ2n) is 23.7. The molecule has 0 radical (unpaired) electrons. The maximum atomic E-state index is 13.9. The molecule has 0 spiro atoms. The number of esters is 3. The summed E-state index contributed by atoms with van der Waals surface area (Å²) in [6, 6.07) is 95.3. The van der Waals surface area contributed by atoms with E-state index in [4.69, 9.17) is 14.2 Å². The summed E-state index contributed by atoms with van der Waals surface area (Å²) in [4.78, 5) is 48.2. The van der Waals surface area contributed by atoms with E-state index in [1.54, 1.807) is 36.4 Å². The molecule has 0 atom stereocenters. The van der Waals surface area contributed by atoms with Crippen LogP contribution in [0.5, 0.6) is 17.2 Å². The Bertz CT molecular complexity index is 3930. The second kappa shape index (κ2) is 27.3. The van der Waals surface area contributed by atoms with Crippen LogP contribution in [0.1, 0.15) is 94.5 Å². The van der Waals surface area contributed by atoms with Crippen LogP contribution in [0.3, 0.4) is 0 Å². The molecule has 0 saturated heterocycles. The van der Waals surface area contributed by atoms with E-state index in [-0.39, 0.29) is 0 Å². The summed E-state index contributed by atoms with van der Waals surface area (Å²) in [5.74, 6) is -0.351. The maximum absolute atomic E-state index is 13.9. The van der Waals surface area contributed by atoms with Gasteiger partial charge in [0, 0.05) is 56.6 Å². The van der Waals surface area contributed by atoms with Crippen molar-refractivity contribution in [1.82, 2.24) is 0 Å². The number of hydrogen-bond donors (Lipinski definition) is 0. The standard InChI is InChI=1S/C84H71N3O6/c1-8-84(66-27-51-78(52-28-66)91-81(88)63-21-45-75(46-22-63)85(69-33-9-57(2)10-34-69)70-35-11-58(3)12-36-70,67-29-53-79(54-30-67)92-82(89)64-23-47-76(48-24-64)86(71-37-13-59(4)14-38-71)72-39-15-60(5)16-40-72)68-31-55-80(56-32-68)93-83(90)65-25-49-77(50-26-65)87(73-41-17-61(6)18-42-73)74-43-19-62(7)20-44-74/h9-56H,8H2,1-7H3. The number of aryl methyl sites for hydroxylation is 6. The first-order valence-electron chi connectivity index (χ1n) is 31.3. The number of nitrogens with zero attached hydrogens (tertiary/aromatic N) is 3. The highest BCUT2D eigenvalue weighted by Crippen LogP contribution is 2.45. The fourth-order valence-corrected chi connectivity index (χ4v) is 11.8. The lowest BCUT2D eigenvalue weighted by atomic mass is 9.67. The zero-order chi connectivity index (χ0) is 64.6. The number of ether oxygens (including phenoxy) is 3. The lowest BCUT2D eigenvalue weighted by Crippen LogP contribution is -2.28. The quantitative estimate of drug-likeness (QED) is 0.0446. The Morgan fingerprint density at radius 1 is 0.247 bits per heavy atom. The molecule has 0 heterocycles. The average Bonchev–Trinajstić information content (AvgIpc) is 0.782. The zero-order valence-corrected chi connectivity index (χ0v) is 53.2. The van der Waals surface area contributed by atoms with Gasteiger partial charge in [0.2, 0.25) is 0 Å². The van der Waals surface area contributed by atoms with Crippen molar-refractivity contribution in [1.29, 1.82) is 0 Å². The molecule has 0 aliphatic rings. The van der Waals surface area contributed by atoms with Crippen LogP contribution >= 0.6 is 0 Å². The van der Waals surface area contributed by atoms with Crippen molar-refractivity contribution >= 4 is 69.1 Å². The molecule has 0 aliphatic heterocycles. The maximum Gasteiger partial charge on any atom is 0.343 e. The summed E-state index contributed by atoms with van der Waals surface area (Å²) in [7, 11) is 0. The largest absolute Gasteiger partial charge is 0.423 e. The lowest BCUT2D eigenvalue weighted by Gasteiger charge is -2.35. The Kier molecular flexibility index (Phi) is 18.1. The molecule has 458 valence electrons. The molecule has 0 aliphatic carbocycles. The Hall–Kier alpha value is -11.6. The molecule has 9 heteroatoms. The van der Waals surface area contributed by atoms with Gasteiger partial charge in [0.15, 0.2) is 0 Å². The van der Waals surface area contributed by atoms with Crippen molar-refractivity contribution in [2.75, 3.05) is 14.7 Å². The highest BCUT2D eigenvalue weighted by molar-refractivity contribution is 5.94. The first kappa shape index (κ1) is 61.7. The number of carbonyl (C=O) groups excluding carboxylic acids is 3. The minimum absolute atomic E-state index is 0.375. The van der Waals surface area contributed by atoms with Gasteiger partial charge in [-0.05, 0) is 247 Å². The van der Waals surface area contributed by atoms with Gasteiger partial charge in [-0.2, -0.15) is 0 Å². The second-order valence-corrected chi connectivity index (χ2v) is 23.7. The highest BCUT2D eigenvalue weighted by Gasteiger charge is 2.35. The third kappa shape index (κ3) is 13.8. The van der Waals surface area contributed by atoms with Crippen LogP contribution < -0.4 is 28.9 Å². The van der Waals surface area contributed by atoms with Crippen LogP contribution in [0.25, 0.3) is 0 Å². The van der Waals surface area contributed by atoms with E-state index < -0.39 is 23.3 Å². The van der Waals surface area contributed by atoms with E-state index in [9.17, 15) is 14.4 Å². The van der Waals surface area contributed by atoms with Gasteiger partial charge >= 0.3 is 17.9 Å². The summed E-state index contributed by atoms with van der Waals surface area (Å²) in [6.07, 6.45) is 0.585. The number of benzene rings is 12. The van der Waals surface area contributed by atoms with Crippen molar-refractivity contribution in [2.24, 2.45) is 0 Å². The summed E-state index contributed by atoms with van der Waals surface area (Å²) < 4.78 is 18.2. The molecule has 0 N–H and O–H groups in total. The number of anilines is 9. The molecule has 9 nitrogen and oxygen atoms in total. The van der Waals surface area contributed by atoms with Crippen LogP contribution in [-0.4, -0.2) is 17.9 Å². The SMILES string of the molecule is CCC(c1ccc(OC(=O)c2ccc(N(c3ccc(C)cc3)c3ccc(C)cc3)cc2)cc1)(c1ccc(OC(=O)c2ccc(N(c3ccc(C)cc3)c3ccc(C)cc3)cc2)cc1)c1ccc(OC(=O)c2ccc(N(c3ccc(C)cc3)c3ccc(C)cc3)cc2)cc1. The molecular weight excluding hydrogens is 1150 g/mol. The predicted octanol–water partition coefficient (Wildman–Crippen LogP) is 21.3. The van der Waals surface area contributed by atoms with Gasteiger partial charge in [0.25, 0.3) is 0 Å². The van der Waals surface area contributed by atoms with Crippen LogP contribution in [0.15, 0.2) is 291 Å². The van der Waals surface area contributed by atoms with Crippen LogP contribution in [0, 0.1) is 41.5 Å². The average molecular weight is 1220 g/mol. The summed E-state index contributed by atoms with van der Waals surface area (Å²) in [5, 5.41) is 0. The van der Waals surface area contributed by atoms with Gasteiger partial charge in [-0.15, -0.1) is 0 Å². The minimum Gasteiger partial charge on any atom is -0.423 e. The van der Waals surface area contributed by atoms with Crippen molar-refractivity contribution < 1.29 is 28.6 Å². The topological polar surface area (TPSA) is 88.6 Å². The molecule has 0 saturated carbocycles. The van der Waals surface area contributed by atoms with Gasteiger partial charge in [0.05, 0.1) is 16.7 Å². The molecule has 12 aromatic carbocycles. The Labute approximate surface area is 545 Å². The molecule has 0 fully saturated rings. The molecule has 0 unspecified atom stereocenters. The van der Waals surface area contributed by atoms with E-state index >= 15 is 0 Å². The van der Waals surface area contributed by atoms with Gasteiger partial charge in [0.1, 0.15) is 17.2 Å². The van der Waals surface area contributed by atoms with Crippen LogP contribution in [-0.2, 0) is 5.41 Å². The number of carbonyl (C=O) groups is 3. The molecular formula is C84H71N3O6. The van der Waals surface area contributed by atoms with Crippen molar-refractivity contribution in [2.45, 2.75) is 60.3 Å². The molecule has 12 rings (SSSR count). The number of rotatable bonds is 19. The van der Waals surface area contributed by atoms with Crippen LogP contribution in [0.4, 0.5) is 51.2 Å². The molecule has 0 aromatic heterocycles. The Morgan fingerprint density at radius 3 is 0.570 bits per heavy atom. The van der Waals surface area contributed by atoms with Crippen molar-refractivity contribution in [3.8, 4) is 17.2 Å². The third-order valence-corrected chi connectivity index (χ3v) is 17.0. The first-order chi connectivity index (χ1) is 45.2. The minimum atomic E-state index is -0.794. The third-order valence-electron chi connectivity index (χ3n) is 17.0. The summed E-state index contributed by atoms with van der Waals surface area (Å²) in [6.45, 7) is 14.5. The molecule has 0 bridgehead atoms. The fourth-order valence-electron chi connectivity index (χ4n) is 11.8. The molecule has 12 aromatic rings. The Morgan fingerprint density at radius 2 is 0.409 bits per heavy atom. The van der Waals surface area contributed by atoms with Gasteiger partial charge in [-0.3, -0.25) is 0 Å². The van der Waals surface area contributed by atoms with Crippen LogP contribution in [0.2, 0.25) is 0 Å². The van der Waals surface area contributed by atoms with Gasteiger partial charge in [-0.25, -0.2) is 14.4 Å². The fraction of sp³-hybridized carbons (Fsp3) is 0.107. The summed E-state index contributed by atoms with van der Waals surface area (Å²) in [5.41, 5.74) is 18.8. The smallest absolute Gasteiger partial charge is 0.343 e. The first-order valence-corrected chi connectivity index (χ1v) is 31.3. The van der Waals surface area contributed by atoms with Crippen molar-refractivity contribution in [3.05, 3.63) is 358 Å². The predicted molar refractivity (Wildman–Crippen MR) is 376 cm³/mol. The van der Waals surface area contributed by atoms with E-state index in [2.05, 4.69) is 209 Å². The van der Waals surface area contributed by atoms with Gasteiger partial charge < -0.3 is 28.9 Å². The van der Waals surface area contributed by atoms with Crippen molar-refractivity contribution in [3.63, 3.8) is 0 Å². The monoisotopic (exact) mass is 1220 g/mol. The Balaban J connectivity index is 0.803. The van der Waals surface area contributed by atoms with E-state index in [1.165, 1.54) is 0 Å². The van der Waals surface area contributed by atoms with E-state index in [0.29, 0.717) is 40.4 Å².